The molecule has 0 radical (unpaired) electrons. The molecule has 21 heavy (non-hydrogen) atoms. The summed E-state index contributed by atoms with van der Waals surface area (Å²) in [5.41, 5.74) is 3.40. The van der Waals surface area contributed by atoms with Gasteiger partial charge in [-0.15, -0.1) is 0 Å². The van der Waals surface area contributed by atoms with E-state index in [-0.39, 0.29) is 5.41 Å². The Labute approximate surface area is 125 Å². The maximum Gasteiger partial charge on any atom is 0.225 e. The van der Waals surface area contributed by atoms with Gasteiger partial charge < -0.3 is 4.90 Å². The SMILES string of the molecule is CCc1cnc(N2Cc3cnc(C(C)(C)C)nc3C2)nc1. The smallest absolute Gasteiger partial charge is 0.225 e. The molecule has 5 nitrogen and oxygen atoms in total. The summed E-state index contributed by atoms with van der Waals surface area (Å²) in [6, 6.07) is 0. The molecular formula is C16H21N5. The van der Waals surface area contributed by atoms with E-state index in [1.165, 1.54) is 5.56 Å². The van der Waals surface area contributed by atoms with Gasteiger partial charge in [-0.05, 0) is 12.0 Å². The fourth-order valence-electron chi connectivity index (χ4n) is 2.35. The highest BCUT2D eigenvalue weighted by molar-refractivity contribution is 5.40. The molecule has 0 N–H and O–H groups in total. The van der Waals surface area contributed by atoms with Gasteiger partial charge in [0.25, 0.3) is 0 Å². The van der Waals surface area contributed by atoms with Crippen LogP contribution in [0.25, 0.3) is 0 Å². The molecule has 0 saturated heterocycles. The molecule has 0 aromatic carbocycles. The van der Waals surface area contributed by atoms with Crippen molar-refractivity contribution >= 4 is 5.95 Å². The Bertz CT molecular complexity index is 643. The molecule has 3 heterocycles. The Hall–Kier alpha value is -2.04. The topological polar surface area (TPSA) is 54.8 Å². The van der Waals surface area contributed by atoms with Crippen LogP contribution in [0.3, 0.4) is 0 Å². The second kappa shape index (κ2) is 5.06. The molecule has 0 unspecified atom stereocenters. The predicted molar refractivity (Wildman–Crippen MR) is 82.0 cm³/mol. The van der Waals surface area contributed by atoms with Crippen LogP contribution in [-0.4, -0.2) is 19.9 Å². The fourth-order valence-corrected chi connectivity index (χ4v) is 2.35. The quantitative estimate of drug-likeness (QED) is 0.848. The molecule has 1 aliphatic heterocycles. The van der Waals surface area contributed by atoms with Gasteiger partial charge in [0.2, 0.25) is 5.95 Å². The molecule has 0 bridgehead atoms. The summed E-state index contributed by atoms with van der Waals surface area (Å²) >= 11 is 0. The first kappa shape index (κ1) is 13.9. The molecule has 0 atom stereocenters. The van der Waals surface area contributed by atoms with Gasteiger partial charge in [-0.1, -0.05) is 27.7 Å². The first-order valence-electron chi connectivity index (χ1n) is 7.38. The van der Waals surface area contributed by atoms with Crippen molar-refractivity contribution in [3.63, 3.8) is 0 Å². The average molecular weight is 283 g/mol. The third-order valence-electron chi connectivity index (χ3n) is 3.71. The summed E-state index contributed by atoms with van der Waals surface area (Å²) in [5, 5.41) is 0. The second-order valence-electron chi connectivity index (χ2n) is 6.52. The van der Waals surface area contributed by atoms with E-state index < -0.39 is 0 Å². The van der Waals surface area contributed by atoms with Gasteiger partial charge in [0.15, 0.2) is 0 Å². The molecule has 0 amide bonds. The van der Waals surface area contributed by atoms with Crippen molar-refractivity contribution < 1.29 is 0 Å². The van der Waals surface area contributed by atoms with Crippen molar-refractivity contribution in [1.82, 2.24) is 19.9 Å². The molecule has 0 aliphatic carbocycles. The van der Waals surface area contributed by atoms with Crippen molar-refractivity contribution in [2.75, 3.05) is 4.90 Å². The van der Waals surface area contributed by atoms with Crippen LogP contribution in [0.5, 0.6) is 0 Å². The van der Waals surface area contributed by atoms with Crippen LogP contribution < -0.4 is 4.90 Å². The van der Waals surface area contributed by atoms with Gasteiger partial charge >= 0.3 is 0 Å². The molecule has 2 aromatic heterocycles. The Morgan fingerprint density at radius 2 is 1.76 bits per heavy atom. The zero-order valence-corrected chi connectivity index (χ0v) is 13.1. The highest BCUT2D eigenvalue weighted by Gasteiger charge is 2.26. The van der Waals surface area contributed by atoms with Crippen LogP contribution in [0.1, 0.15) is 50.3 Å². The zero-order chi connectivity index (χ0) is 15.0. The van der Waals surface area contributed by atoms with Gasteiger partial charge in [0, 0.05) is 36.1 Å². The summed E-state index contributed by atoms with van der Waals surface area (Å²) < 4.78 is 0. The number of anilines is 1. The second-order valence-corrected chi connectivity index (χ2v) is 6.52. The van der Waals surface area contributed by atoms with Crippen LogP contribution in [0.15, 0.2) is 18.6 Å². The third kappa shape index (κ3) is 2.73. The van der Waals surface area contributed by atoms with Gasteiger partial charge in [-0.3, -0.25) is 0 Å². The van der Waals surface area contributed by atoms with Crippen molar-refractivity contribution in [2.24, 2.45) is 0 Å². The Morgan fingerprint density at radius 3 is 2.38 bits per heavy atom. The van der Waals surface area contributed by atoms with Crippen LogP contribution in [0.4, 0.5) is 5.95 Å². The Balaban J connectivity index is 1.83. The predicted octanol–water partition coefficient (Wildman–Crippen LogP) is 2.65. The summed E-state index contributed by atoms with van der Waals surface area (Å²) in [7, 11) is 0. The minimum absolute atomic E-state index is 0.0261. The minimum atomic E-state index is -0.0261. The average Bonchev–Trinajstić information content (AvgIpc) is 2.89. The first-order valence-corrected chi connectivity index (χ1v) is 7.38. The van der Waals surface area contributed by atoms with E-state index in [1.54, 1.807) is 0 Å². The number of aryl methyl sites for hydroxylation is 1. The molecule has 2 aromatic rings. The number of aromatic nitrogens is 4. The van der Waals surface area contributed by atoms with Gasteiger partial charge in [0.1, 0.15) is 5.82 Å². The highest BCUT2D eigenvalue weighted by atomic mass is 15.3. The lowest BCUT2D eigenvalue weighted by Gasteiger charge is -2.16. The van der Waals surface area contributed by atoms with E-state index in [9.17, 15) is 0 Å². The molecule has 110 valence electrons. The van der Waals surface area contributed by atoms with Crippen LogP contribution in [0.2, 0.25) is 0 Å². The Morgan fingerprint density at radius 1 is 1.05 bits per heavy atom. The molecule has 5 heteroatoms. The number of nitrogens with zero attached hydrogens (tertiary/aromatic N) is 5. The molecule has 3 rings (SSSR count). The van der Waals surface area contributed by atoms with Crippen LogP contribution in [0, 0.1) is 0 Å². The van der Waals surface area contributed by atoms with Gasteiger partial charge in [-0.25, -0.2) is 19.9 Å². The van der Waals surface area contributed by atoms with Crippen molar-refractivity contribution in [3.05, 3.63) is 41.2 Å². The number of fused-ring (bicyclic) bond motifs is 1. The van der Waals surface area contributed by atoms with E-state index >= 15 is 0 Å². The lowest BCUT2D eigenvalue weighted by Crippen LogP contribution is -2.18. The fraction of sp³-hybridized carbons (Fsp3) is 0.500. The van der Waals surface area contributed by atoms with Gasteiger partial charge in [0.05, 0.1) is 12.2 Å². The molecule has 0 fully saturated rings. The zero-order valence-electron chi connectivity index (χ0n) is 13.1. The maximum absolute atomic E-state index is 4.73. The maximum atomic E-state index is 4.73. The molecule has 0 spiro atoms. The van der Waals surface area contributed by atoms with E-state index in [0.717, 1.165) is 42.5 Å². The van der Waals surface area contributed by atoms with Crippen LogP contribution in [-0.2, 0) is 24.9 Å². The lowest BCUT2D eigenvalue weighted by molar-refractivity contribution is 0.541. The lowest BCUT2D eigenvalue weighted by atomic mass is 9.95. The summed E-state index contributed by atoms with van der Waals surface area (Å²) in [5.74, 6) is 1.66. The minimum Gasteiger partial charge on any atom is -0.330 e. The summed E-state index contributed by atoms with van der Waals surface area (Å²) in [4.78, 5) is 20.3. The number of hydrogen-bond acceptors (Lipinski definition) is 5. The van der Waals surface area contributed by atoms with E-state index in [4.69, 9.17) is 4.98 Å². The number of rotatable bonds is 2. The van der Waals surface area contributed by atoms with E-state index in [0.29, 0.717) is 0 Å². The van der Waals surface area contributed by atoms with Crippen molar-refractivity contribution in [1.29, 1.82) is 0 Å². The molecule has 1 aliphatic rings. The highest BCUT2D eigenvalue weighted by Crippen LogP contribution is 2.26. The number of hydrogen-bond donors (Lipinski definition) is 0. The molecule has 0 saturated carbocycles. The van der Waals surface area contributed by atoms with Crippen LogP contribution >= 0.6 is 0 Å². The van der Waals surface area contributed by atoms with E-state index in [2.05, 4.69) is 47.5 Å². The first-order chi connectivity index (χ1) is 9.97. The monoisotopic (exact) mass is 283 g/mol. The molecular weight excluding hydrogens is 262 g/mol. The van der Waals surface area contributed by atoms with E-state index in [1.807, 2.05) is 18.6 Å². The normalized spacial score (nSPS) is 14.4. The van der Waals surface area contributed by atoms with Crippen molar-refractivity contribution in [3.8, 4) is 0 Å². The van der Waals surface area contributed by atoms with Crippen molar-refractivity contribution in [2.45, 2.75) is 52.6 Å². The largest absolute Gasteiger partial charge is 0.330 e. The standard InChI is InChI=1S/C16H21N5/c1-5-11-6-18-15(19-7-11)21-9-12-8-17-14(16(2,3)4)20-13(12)10-21/h6-8H,5,9-10H2,1-4H3. The summed E-state index contributed by atoms with van der Waals surface area (Å²) in [6.07, 6.45) is 6.71. The Kier molecular flexibility index (Phi) is 3.35. The third-order valence-corrected chi connectivity index (χ3v) is 3.71. The van der Waals surface area contributed by atoms with Gasteiger partial charge in [-0.2, -0.15) is 0 Å². The summed E-state index contributed by atoms with van der Waals surface area (Å²) in [6.45, 7) is 10.0.